The van der Waals surface area contributed by atoms with Crippen molar-refractivity contribution in [2.24, 2.45) is 5.41 Å². The first-order valence-electron chi connectivity index (χ1n) is 10.9. The van der Waals surface area contributed by atoms with Gasteiger partial charge in [-0.05, 0) is 27.7 Å². The van der Waals surface area contributed by atoms with Gasteiger partial charge in [0.25, 0.3) is 0 Å². The van der Waals surface area contributed by atoms with Crippen molar-refractivity contribution in [3.8, 4) is 0 Å². The van der Waals surface area contributed by atoms with Crippen molar-refractivity contribution in [2.45, 2.75) is 65.1 Å². The van der Waals surface area contributed by atoms with Crippen LogP contribution in [0.3, 0.4) is 0 Å². The van der Waals surface area contributed by atoms with E-state index < -0.39 is 41.5 Å². The number of halogens is 1. The number of imidazole rings is 1. The summed E-state index contributed by atoms with van der Waals surface area (Å²) in [5.74, 6) is -0.715. The predicted molar refractivity (Wildman–Crippen MR) is 119 cm³/mol. The first-order chi connectivity index (χ1) is 15.9. The zero-order valence-electron chi connectivity index (χ0n) is 20.1. The highest BCUT2D eigenvalue weighted by Gasteiger charge is 2.58. The van der Waals surface area contributed by atoms with Crippen LogP contribution >= 0.6 is 0 Å². The number of ether oxygens (including phenoxy) is 4. The molecule has 1 saturated heterocycles. The Balaban J connectivity index is 1.85. The number of alkyl halides is 1. The standard InChI is InChI=1S/C21H31FN6O6/c1-7-12(29)34-14-11(8-31-10-32-18(30)20(2,3)4)33-17(21(14,5)22)28-9-25-13-15(24-6)26-19(23)27-16(13)28/h9,11,14,17H,7-8,10H2,1-6H3,(H3,23,24,26,27)/t11-,14-,17-,21-/m1/s1. The summed E-state index contributed by atoms with van der Waals surface area (Å²) in [5.41, 5.74) is 3.52. The number of hydrogen-bond donors (Lipinski definition) is 2. The summed E-state index contributed by atoms with van der Waals surface area (Å²) < 4.78 is 39.4. The molecule has 2 aromatic rings. The summed E-state index contributed by atoms with van der Waals surface area (Å²) in [6, 6.07) is 0. The fourth-order valence-corrected chi connectivity index (χ4v) is 3.51. The fraction of sp³-hybridized carbons (Fsp3) is 0.667. The van der Waals surface area contributed by atoms with Gasteiger partial charge in [-0.25, -0.2) is 9.37 Å². The van der Waals surface area contributed by atoms with E-state index in [1.165, 1.54) is 17.8 Å². The SMILES string of the molecule is CCC(=O)O[C@@H]1[C@@H](COCOC(=O)C(C)(C)C)O[C@@H](n2cnc3c(NC)nc(N)nc32)[C@]1(C)F. The highest BCUT2D eigenvalue weighted by molar-refractivity contribution is 5.84. The first-order valence-corrected chi connectivity index (χ1v) is 10.9. The lowest BCUT2D eigenvalue weighted by molar-refractivity contribution is -0.172. The first kappa shape index (κ1) is 25.6. The Labute approximate surface area is 196 Å². The molecule has 12 nitrogen and oxygen atoms in total. The number of rotatable bonds is 8. The Morgan fingerprint density at radius 3 is 2.68 bits per heavy atom. The van der Waals surface area contributed by atoms with Gasteiger partial charge in [-0.15, -0.1) is 0 Å². The van der Waals surface area contributed by atoms with E-state index in [0.717, 1.165) is 0 Å². The molecule has 0 aliphatic carbocycles. The molecule has 0 bridgehead atoms. The number of anilines is 2. The van der Waals surface area contributed by atoms with E-state index in [4.69, 9.17) is 24.7 Å². The highest BCUT2D eigenvalue weighted by Crippen LogP contribution is 2.44. The van der Waals surface area contributed by atoms with E-state index in [1.807, 2.05) is 0 Å². The highest BCUT2D eigenvalue weighted by atomic mass is 19.1. The smallest absolute Gasteiger partial charge is 0.313 e. The summed E-state index contributed by atoms with van der Waals surface area (Å²) in [7, 11) is 1.64. The van der Waals surface area contributed by atoms with Gasteiger partial charge in [0, 0.05) is 13.5 Å². The molecular weight excluding hydrogens is 451 g/mol. The van der Waals surface area contributed by atoms with E-state index in [2.05, 4.69) is 20.3 Å². The topological polar surface area (TPSA) is 153 Å². The third-order valence-corrected chi connectivity index (χ3v) is 5.32. The van der Waals surface area contributed by atoms with Gasteiger partial charge in [0.05, 0.1) is 18.3 Å². The van der Waals surface area contributed by atoms with E-state index in [1.54, 1.807) is 34.7 Å². The van der Waals surface area contributed by atoms with Gasteiger partial charge in [0.2, 0.25) is 5.95 Å². The number of nitrogen functional groups attached to an aromatic ring is 1. The summed E-state index contributed by atoms with van der Waals surface area (Å²) in [4.78, 5) is 36.5. The monoisotopic (exact) mass is 482 g/mol. The Kier molecular flexibility index (Phi) is 7.26. The third-order valence-electron chi connectivity index (χ3n) is 5.32. The molecule has 3 heterocycles. The van der Waals surface area contributed by atoms with Crippen LogP contribution in [0.4, 0.5) is 16.2 Å². The Bertz CT molecular complexity index is 1050. The minimum atomic E-state index is -2.19. The summed E-state index contributed by atoms with van der Waals surface area (Å²) in [6.07, 6.45) is -2.16. The molecule has 4 atom stereocenters. The van der Waals surface area contributed by atoms with Crippen molar-refractivity contribution in [3.63, 3.8) is 0 Å². The zero-order valence-corrected chi connectivity index (χ0v) is 20.1. The van der Waals surface area contributed by atoms with Crippen LogP contribution in [-0.2, 0) is 28.5 Å². The van der Waals surface area contributed by atoms with Gasteiger partial charge < -0.3 is 30.0 Å². The maximum absolute atomic E-state index is 16.2. The second-order valence-corrected chi connectivity index (χ2v) is 9.12. The van der Waals surface area contributed by atoms with Gasteiger partial charge >= 0.3 is 11.9 Å². The van der Waals surface area contributed by atoms with Gasteiger partial charge in [-0.2, -0.15) is 9.97 Å². The van der Waals surface area contributed by atoms with Gasteiger partial charge in [-0.3, -0.25) is 14.2 Å². The van der Waals surface area contributed by atoms with Crippen LogP contribution < -0.4 is 11.1 Å². The Hall–Kier alpha value is -3.06. The van der Waals surface area contributed by atoms with Gasteiger partial charge in [0.15, 0.2) is 41.8 Å². The number of nitrogens with zero attached hydrogens (tertiary/aromatic N) is 4. The van der Waals surface area contributed by atoms with Crippen molar-refractivity contribution in [1.29, 1.82) is 0 Å². The van der Waals surface area contributed by atoms with Gasteiger partial charge in [-0.1, -0.05) is 6.92 Å². The number of carbonyl (C=O) groups excluding carboxylic acids is 2. The second-order valence-electron chi connectivity index (χ2n) is 9.12. The van der Waals surface area contributed by atoms with Crippen molar-refractivity contribution >= 4 is 34.9 Å². The van der Waals surface area contributed by atoms with Crippen molar-refractivity contribution in [1.82, 2.24) is 19.5 Å². The quantitative estimate of drug-likeness (QED) is 0.322. The van der Waals surface area contributed by atoms with Crippen LogP contribution in [0.2, 0.25) is 0 Å². The van der Waals surface area contributed by atoms with Crippen LogP contribution in [0.5, 0.6) is 0 Å². The minimum Gasteiger partial charge on any atom is -0.456 e. The molecule has 0 spiro atoms. The lowest BCUT2D eigenvalue weighted by atomic mass is 9.98. The van der Waals surface area contributed by atoms with Crippen LogP contribution in [0.25, 0.3) is 11.2 Å². The predicted octanol–water partition coefficient (Wildman–Crippen LogP) is 1.96. The average Bonchev–Trinajstić information content (AvgIpc) is 3.28. The Morgan fingerprint density at radius 1 is 1.35 bits per heavy atom. The van der Waals surface area contributed by atoms with E-state index in [-0.39, 0.29) is 31.4 Å². The van der Waals surface area contributed by atoms with Crippen LogP contribution in [-0.4, -0.2) is 69.8 Å². The number of esters is 2. The molecule has 0 amide bonds. The van der Waals surface area contributed by atoms with Crippen molar-refractivity contribution in [2.75, 3.05) is 31.5 Å². The molecular formula is C21H31FN6O6. The lowest BCUT2D eigenvalue weighted by Gasteiger charge is -2.27. The van der Waals surface area contributed by atoms with E-state index in [9.17, 15) is 9.59 Å². The molecule has 3 N–H and O–H groups in total. The number of carbonyl (C=O) groups is 2. The fourth-order valence-electron chi connectivity index (χ4n) is 3.51. The third kappa shape index (κ3) is 5.04. The van der Waals surface area contributed by atoms with Crippen molar-refractivity contribution in [3.05, 3.63) is 6.33 Å². The molecule has 1 fully saturated rings. The number of hydrogen-bond acceptors (Lipinski definition) is 11. The van der Waals surface area contributed by atoms with Crippen molar-refractivity contribution < 1.29 is 32.9 Å². The number of fused-ring (bicyclic) bond motifs is 1. The molecule has 0 unspecified atom stereocenters. The molecule has 13 heteroatoms. The summed E-state index contributed by atoms with van der Waals surface area (Å²) in [5, 5.41) is 2.87. The maximum atomic E-state index is 16.2. The zero-order chi connectivity index (χ0) is 25.3. The summed E-state index contributed by atoms with van der Waals surface area (Å²) in [6.45, 7) is 7.44. The van der Waals surface area contributed by atoms with Gasteiger partial charge in [0.1, 0.15) is 6.10 Å². The molecule has 3 rings (SSSR count). The second kappa shape index (κ2) is 9.66. The molecule has 0 saturated carbocycles. The Morgan fingerprint density at radius 2 is 2.06 bits per heavy atom. The van der Waals surface area contributed by atoms with Crippen LogP contribution in [0.15, 0.2) is 6.33 Å². The molecule has 1 aliphatic heterocycles. The van der Waals surface area contributed by atoms with E-state index in [0.29, 0.717) is 11.3 Å². The van der Waals surface area contributed by atoms with E-state index >= 15 is 4.39 Å². The molecule has 2 aromatic heterocycles. The maximum Gasteiger partial charge on any atom is 0.313 e. The normalized spacial score (nSPS) is 24.9. The average molecular weight is 483 g/mol. The van der Waals surface area contributed by atoms with Crippen LogP contribution in [0, 0.1) is 5.41 Å². The molecule has 188 valence electrons. The molecule has 0 aromatic carbocycles. The number of aromatic nitrogens is 4. The number of nitrogens with one attached hydrogen (secondary N) is 1. The lowest BCUT2D eigenvalue weighted by Crippen LogP contribution is -2.44. The molecule has 0 radical (unpaired) electrons. The minimum absolute atomic E-state index is 0.0355. The van der Waals surface area contributed by atoms with Crippen LogP contribution in [0.1, 0.15) is 47.3 Å². The molecule has 1 aliphatic rings. The summed E-state index contributed by atoms with van der Waals surface area (Å²) >= 11 is 0. The number of nitrogens with two attached hydrogens (primary N) is 1. The molecule has 34 heavy (non-hydrogen) atoms. The largest absolute Gasteiger partial charge is 0.456 e.